The topological polar surface area (TPSA) is 54.3 Å². The van der Waals surface area contributed by atoms with Gasteiger partial charge in [-0.25, -0.2) is 0 Å². The van der Waals surface area contributed by atoms with Crippen LogP contribution in [0.4, 0.5) is 0 Å². The number of carbonyl (C=O) groups excluding carboxylic acids is 1. The number of carbonyl (C=O) groups is 1. The van der Waals surface area contributed by atoms with Crippen LogP contribution >= 0.6 is 0 Å². The van der Waals surface area contributed by atoms with Gasteiger partial charge in [-0.15, -0.1) is 10.2 Å². The van der Waals surface area contributed by atoms with E-state index in [-0.39, 0.29) is 0 Å². The quantitative estimate of drug-likeness (QED) is 0.809. The Kier molecular flexibility index (Phi) is 6.68. The van der Waals surface area contributed by atoms with Crippen LogP contribution in [0.2, 0.25) is 0 Å². The normalized spacial score (nSPS) is 20.5. The number of aromatic nitrogens is 3. The van der Waals surface area contributed by atoms with Gasteiger partial charge in [-0.1, -0.05) is 26.7 Å². The van der Waals surface area contributed by atoms with E-state index in [4.69, 9.17) is 0 Å². The summed E-state index contributed by atoms with van der Waals surface area (Å²) < 4.78 is 2.21. The molecule has 2 aliphatic heterocycles. The Morgan fingerprint density at radius 1 is 1.04 bits per heavy atom. The number of likely N-dealkylation sites (tertiary alicyclic amines) is 2. The molecule has 3 rings (SSSR count). The van der Waals surface area contributed by atoms with Crippen molar-refractivity contribution in [3.8, 4) is 0 Å². The molecule has 0 saturated carbocycles. The molecule has 2 saturated heterocycles. The molecule has 1 amide bonds. The van der Waals surface area contributed by atoms with Crippen LogP contribution in [0.3, 0.4) is 0 Å². The van der Waals surface area contributed by atoms with Gasteiger partial charge in [0.25, 0.3) is 0 Å². The van der Waals surface area contributed by atoms with Crippen LogP contribution < -0.4 is 0 Å². The number of hydrogen-bond donors (Lipinski definition) is 0. The molecule has 146 valence electrons. The summed E-state index contributed by atoms with van der Waals surface area (Å²) in [6, 6.07) is 0. The zero-order valence-corrected chi connectivity index (χ0v) is 16.8. The van der Waals surface area contributed by atoms with Gasteiger partial charge in [0.2, 0.25) is 5.91 Å². The second-order valence-corrected chi connectivity index (χ2v) is 8.48. The van der Waals surface area contributed by atoms with Crippen LogP contribution in [0.5, 0.6) is 0 Å². The molecule has 1 aromatic rings. The van der Waals surface area contributed by atoms with Crippen molar-refractivity contribution in [2.75, 3.05) is 26.2 Å². The van der Waals surface area contributed by atoms with E-state index in [0.29, 0.717) is 24.2 Å². The van der Waals surface area contributed by atoms with Gasteiger partial charge in [0.15, 0.2) is 0 Å². The van der Waals surface area contributed by atoms with Gasteiger partial charge in [0.1, 0.15) is 11.6 Å². The molecule has 3 heterocycles. The lowest BCUT2D eigenvalue weighted by molar-refractivity contribution is -0.133. The van der Waals surface area contributed by atoms with Gasteiger partial charge in [0.05, 0.1) is 6.54 Å². The fraction of sp³-hybridized carbons (Fsp3) is 0.850. The highest BCUT2D eigenvalue weighted by molar-refractivity contribution is 5.76. The van der Waals surface area contributed by atoms with Crippen LogP contribution in [0.15, 0.2) is 0 Å². The largest absolute Gasteiger partial charge is 0.343 e. The van der Waals surface area contributed by atoms with E-state index in [2.05, 4.69) is 40.6 Å². The molecular formula is C20H35N5O. The average molecular weight is 362 g/mol. The zero-order valence-electron chi connectivity index (χ0n) is 16.8. The Morgan fingerprint density at radius 2 is 1.69 bits per heavy atom. The first kappa shape index (κ1) is 19.3. The number of amides is 1. The maximum Gasteiger partial charge on any atom is 0.222 e. The Labute approximate surface area is 157 Å². The fourth-order valence-corrected chi connectivity index (χ4v) is 4.23. The first-order chi connectivity index (χ1) is 12.5. The van der Waals surface area contributed by atoms with Crippen molar-refractivity contribution < 1.29 is 4.79 Å². The third-order valence-corrected chi connectivity index (χ3v) is 5.86. The van der Waals surface area contributed by atoms with Gasteiger partial charge in [0, 0.05) is 32.5 Å². The highest BCUT2D eigenvalue weighted by Gasteiger charge is 2.27. The van der Waals surface area contributed by atoms with Gasteiger partial charge >= 0.3 is 0 Å². The van der Waals surface area contributed by atoms with Gasteiger partial charge < -0.3 is 9.47 Å². The fourth-order valence-electron chi connectivity index (χ4n) is 4.23. The third kappa shape index (κ3) is 4.84. The maximum absolute atomic E-state index is 12.3. The van der Waals surface area contributed by atoms with Crippen molar-refractivity contribution in [3.05, 3.63) is 11.6 Å². The van der Waals surface area contributed by atoms with E-state index < -0.39 is 0 Å². The van der Waals surface area contributed by atoms with Gasteiger partial charge in [-0.3, -0.25) is 9.69 Å². The molecule has 2 fully saturated rings. The number of hydrogen-bond acceptors (Lipinski definition) is 4. The van der Waals surface area contributed by atoms with E-state index in [1.54, 1.807) is 0 Å². The van der Waals surface area contributed by atoms with E-state index in [0.717, 1.165) is 44.1 Å². The molecule has 0 aromatic carbocycles. The van der Waals surface area contributed by atoms with Crippen LogP contribution in [0, 0.1) is 5.92 Å². The number of piperidine rings is 1. The molecule has 6 nitrogen and oxygen atoms in total. The van der Waals surface area contributed by atoms with Crippen LogP contribution in [0.25, 0.3) is 0 Å². The van der Waals surface area contributed by atoms with Crippen molar-refractivity contribution in [1.82, 2.24) is 24.6 Å². The molecule has 6 heteroatoms. The summed E-state index contributed by atoms with van der Waals surface area (Å²) in [4.78, 5) is 16.8. The summed E-state index contributed by atoms with van der Waals surface area (Å²) in [7, 11) is 2.11. The van der Waals surface area contributed by atoms with Crippen LogP contribution in [0.1, 0.15) is 76.4 Å². The summed E-state index contributed by atoms with van der Waals surface area (Å²) in [5.74, 6) is 3.35. The standard InChI is InChI=1S/C20H35N5O/c1-16(2)14-19(26)25-12-8-17(9-13-25)20-22-21-18(23(20)3)15-24-10-6-4-5-7-11-24/h16-17H,4-15H2,1-3H3. The minimum Gasteiger partial charge on any atom is -0.343 e. The zero-order chi connectivity index (χ0) is 18.5. The number of nitrogens with zero attached hydrogens (tertiary/aromatic N) is 5. The molecule has 0 aliphatic carbocycles. The summed E-state index contributed by atoms with van der Waals surface area (Å²) in [6.07, 6.45) is 7.97. The minimum absolute atomic E-state index is 0.304. The van der Waals surface area contributed by atoms with Crippen molar-refractivity contribution >= 4 is 5.91 Å². The van der Waals surface area contributed by atoms with Crippen molar-refractivity contribution in [3.63, 3.8) is 0 Å². The Bertz CT molecular complexity index is 581. The van der Waals surface area contributed by atoms with E-state index in [1.807, 2.05) is 4.90 Å². The molecule has 2 aliphatic rings. The summed E-state index contributed by atoms with van der Waals surface area (Å²) in [6.45, 7) is 9.19. The first-order valence-corrected chi connectivity index (χ1v) is 10.4. The molecule has 0 spiro atoms. The molecule has 0 atom stereocenters. The molecule has 0 N–H and O–H groups in total. The molecular weight excluding hydrogens is 326 g/mol. The minimum atomic E-state index is 0.304. The molecule has 0 bridgehead atoms. The third-order valence-electron chi connectivity index (χ3n) is 5.86. The second-order valence-electron chi connectivity index (χ2n) is 8.48. The van der Waals surface area contributed by atoms with E-state index in [1.165, 1.54) is 38.8 Å². The monoisotopic (exact) mass is 361 g/mol. The van der Waals surface area contributed by atoms with E-state index >= 15 is 0 Å². The predicted octanol–water partition coefficient (Wildman–Crippen LogP) is 2.94. The van der Waals surface area contributed by atoms with Crippen LogP contribution in [-0.4, -0.2) is 56.7 Å². The molecule has 1 aromatic heterocycles. The molecule has 0 radical (unpaired) electrons. The lowest BCUT2D eigenvalue weighted by atomic mass is 9.95. The van der Waals surface area contributed by atoms with Crippen LogP contribution in [-0.2, 0) is 18.4 Å². The maximum atomic E-state index is 12.3. The van der Waals surface area contributed by atoms with Crippen molar-refractivity contribution in [1.29, 1.82) is 0 Å². The molecule has 26 heavy (non-hydrogen) atoms. The average Bonchev–Trinajstić information content (AvgIpc) is 2.82. The molecule has 0 unspecified atom stereocenters. The SMILES string of the molecule is CC(C)CC(=O)N1CCC(c2nnc(CN3CCCCCC3)n2C)CC1. The Hall–Kier alpha value is -1.43. The highest BCUT2D eigenvalue weighted by Crippen LogP contribution is 2.27. The Balaban J connectivity index is 1.56. The van der Waals surface area contributed by atoms with Crippen molar-refractivity contribution in [2.45, 2.75) is 71.3 Å². The summed E-state index contributed by atoms with van der Waals surface area (Å²) in [5, 5.41) is 9.03. The number of rotatable bonds is 5. The highest BCUT2D eigenvalue weighted by atomic mass is 16.2. The Morgan fingerprint density at radius 3 is 2.31 bits per heavy atom. The van der Waals surface area contributed by atoms with Gasteiger partial charge in [-0.2, -0.15) is 0 Å². The lowest BCUT2D eigenvalue weighted by Crippen LogP contribution is -2.38. The van der Waals surface area contributed by atoms with Crippen molar-refractivity contribution in [2.24, 2.45) is 13.0 Å². The summed E-state index contributed by atoms with van der Waals surface area (Å²) in [5.41, 5.74) is 0. The smallest absolute Gasteiger partial charge is 0.222 e. The second kappa shape index (κ2) is 8.98. The predicted molar refractivity (Wildman–Crippen MR) is 103 cm³/mol. The van der Waals surface area contributed by atoms with Gasteiger partial charge in [-0.05, 0) is 44.7 Å². The first-order valence-electron chi connectivity index (χ1n) is 10.4. The van der Waals surface area contributed by atoms with E-state index in [9.17, 15) is 4.79 Å². The lowest BCUT2D eigenvalue weighted by Gasteiger charge is -2.32. The summed E-state index contributed by atoms with van der Waals surface area (Å²) >= 11 is 0.